The summed E-state index contributed by atoms with van der Waals surface area (Å²) in [6.45, 7) is 0.832. The fourth-order valence-corrected chi connectivity index (χ4v) is 3.68. The number of hydrogen-bond donors (Lipinski definition) is 8. The Morgan fingerprint density at radius 2 is 1.26 bits per heavy atom. The maximum atomic E-state index is 13.2. The molecule has 0 radical (unpaired) electrons. The third-order valence-electron chi connectivity index (χ3n) is 5.82. The number of hydrogen-bond acceptors (Lipinski definition) is 8. The Labute approximate surface area is 222 Å². The summed E-state index contributed by atoms with van der Waals surface area (Å²) in [5, 5.41) is 16.9. The van der Waals surface area contributed by atoms with Crippen LogP contribution in [0.5, 0.6) is 0 Å². The predicted octanol–water partition coefficient (Wildman–Crippen LogP) is -1.77. The first-order valence-corrected chi connectivity index (χ1v) is 12.7. The molecule has 0 saturated heterocycles. The number of unbranched alkanes of at least 4 members (excludes halogenated alkanes) is 2. The van der Waals surface area contributed by atoms with Crippen molar-refractivity contribution in [2.75, 3.05) is 13.1 Å². The minimum atomic E-state index is -1.45. The monoisotopic (exact) mass is 535 g/mol. The van der Waals surface area contributed by atoms with E-state index in [1.807, 2.05) is 0 Å². The summed E-state index contributed by atoms with van der Waals surface area (Å²) in [6.07, 6.45) is 2.35. The van der Waals surface area contributed by atoms with Crippen molar-refractivity contribution in [1.82, 2.24) is 16.0 Å². The van der Waals surface area contributed by atoms with Crippen LogP contribution in [0.2, 0.25) is 0 Å². The molecule has 0 fully saturated rings. The molecule has 1 rings (SSSR count). The minimum Gasteiger partial charge on any atom is -0.480 e. The van der Waals surface area contributed by atoms with Crippen molar-refractivity contribution in [3.05, 3.63) is 35.9 Å². The Balaban J connectivity index is 3.04. The van der Waals surface area contributed by atoms with Gasteiger partial charge in [0, 0.05) is 6.42 Å². The SMILES string of the molecule is NCCCCC(N)C(=O)NC(Cc1ccccc1)C(=O)NC(CC(N)=O)C(=O)NC(CCCCN)C(=O)O. The van der Waals surface area contributed by atoms with E-state index in [2.05, 4.69) is 16.0 Å². The van der Waals surface area contributed by atoms with E-state index in [9.17, 15) is 29.1 Å². The molecule has 0 spiro atoms. The lowest BCUT2D eigenvalue weighted by molar-refractivity contribution is -0.142. The van der Waals surface area contributed by atoms with Crippen LogP contribution in [-0.2, 0) is 30.4 Å². The van der Waals surface area contributed by atoms with Crippen LogP contribution in [0.1, 0.15) is 50.5 Å². The molecule has 0 aliphatic carbocycles. The van der Waals surface area contributed by atoms with E-state index in [4.69, 9.17) is 22.9 Å². The van der Waals surface area contributed by atoms with E-state index in [0.29, 0.717) is 45.2 Å². The van der Waals surface area contributed by atoms with E-state index in [1.54, 1.807) is 30.3 Å². The van der Waals surface area contributed by atoms with Gasteiger partial charge in [0.2, 0.25) is 23.6 Å². The van der Waals surface area contributed by atoms with E-state index >= 15 is 0 Å². The first-order chi connectivity index (χ1) is 18.1. The van der Waals surface area contributed by atoms with Crippen LogP contribution in [0, 0.1) is 0 Å². The first kappa shape index (κ1) is 32.5. The Kier molecular flexibility index (Phi) is 15.2. The van der Waals surface area contributed by atoms with E-state index in [1.165, 1.54) is 0 Å². The van der Waals surface area contributed by atoms with Crippen molar-refractivity contribution < 1.29 is 29.1 Å². The van der Waals surface area contributed by atoms with Gasteiger partial charge in [-0.1, -0.05) is 36.8 Å². The smallest absolute Gasteiger partial charge is 0.326 e. The van der Waals surface area contributed by atoms with Gasteiger partial charge in [0.15, 0.2) is 0 Å². The molecule has 0 bridgehead atoms. The fourth-order valence-electron chi connectivity index (χ4n) is 3.68. The molecule has 1 aromatic rings. The molecule has 1 aromatic carbocycles. The van der Waals surface area contributed by atoms with Gasteiger partial charge in [-0.15, -0.1) is 0 Å². The van der Waals surface area contributed by atoms with Gasteiger partial charge in [-0.25, -0.2) is 4.79 Å². The van der Waals surface area contributed by atoms with E-state index in [-0.39, 0.29) is 12.8 Å². The molecular formula is C25H41N7O6. The fraction of sp³-hybridized carbons (Fsp3) is 0.560. The van der Waals surface area contributed by atoms with Gasteiger partial charge in [0.1, 0.15) is 18.1 Å². The van der Waals surface area contributed by atoms with Gasteiger partial charge in [0.05, 0.1) is 12.5 Å². The van der Waals surface area contributed by atoms with Crippen LogP contribution < -0.4 is 38.9 Å². The van der Waals surface area contributed by atoms with E-state index in [0.717, 1.165) is 5.56 Å². The summed E-state index contributed by atoms with van der Waals surface area (Å²) in [5.74, 6) is -4.35. The molecule has 13 nitrogen and oxygen atoms in total. The quantitative estimate of drug-likeness (QED) is 0.0932. The summed E-state index contributed by atoms with van der Waals surface area (Å²) >= 11 is 0. The third-order valence-corrected chi connectivity index (χ3v) is 5.82. The average Bonchev–Trinajstić information content (AvgIpc) is 2.87. The summed E-state index contributed by atoms with van der Waals surface area (Å²) in [4.78, 5) is 62.1. The van der Waals surface area contributed by atoms with Gasteiger partial charge >= 0.3 is 5.97 Å². The number of carbonyl (C=O) groups excluding carboxylic acids is 4. The van der Waals surface area contributed by atoms with Crippen LogP contribution in [0.15, 0.2) is 30.3 Å². The molecule has 4 amide bonds. The van der Waals surface area contributed by atoms with Crippen molar-refractivity contribution >= 4 is 29.6 Å². The Bertz CT molecular complexity index is 915. The van der Waals surface area contributed by atoms with Gasteiger partial charge in [-0.3, -0.25) is 19.2 Å². The number of aliphatic carboxylic acids is 1. The average molecular weight is 536 g/mol. The van der Waals surface area contributed by atoms with Crippen molar-refractivity contribution in [3.8, 4) is 0 Å². The molecule has 4 atom stereocenters. The second-order valence-electron chi connectivity index (χ2n) is 9.06. The molecule has 0 aliphatic heterocycles. The highest BCUT2D eigenvalue weighted by Crippen LogP contribution is 2.07. The second-order valence-corrected chi connectivity index (χ2v) is 9.06. The van der Waals surface area contributed by atoms with Gasteiger partial charge in [-0.05, 0) is 50.8 Å². The van der Waals surface area contributed by atoms with Gasteiger partial charge < -0.3 is 44.0 Å². The molecule has 0 aliphatic rings. The predicted molar refractivity (Wildman–Crippen MR) is 141 cm³/mol. The second kappa shape index (κ2) is 17.8. The number of carbonyl (C=O) groups is 5. The van der Waals surface area contributed by atoms with E-state index < -0.39 is 60.2 Å². The highest BCUT2D eigenvalue weighted by molar-refractivity contribution is 5.96. The number of amides is 4. The maximum absolute atomic E-state index is 13.2. The van der Waals surface area contributed by atoms with Crippen molar-refractivity contribution in [2.24, 2.45) is 22.9 Å². The Morgan fingerprint density at radius 3 is 1.82 bits per heavy atom. The van der Waals surface area contributed by atoms with Gasteiger partial charge in [-0.2, -0.15) is 0 Å². The zero-order valence-electron chi connectivity index (χ0n) is 21.6. The number of carboxylic acids is 1. The molecular weight excluding hydrogens is 494 g/mol. The molecule has 4 unspecified atom stereocenters. The normalized spacial score (nSPS) is 14.0. The largest absolute Gasteiger partial charge is 0.480 e. The molecule has 0 aromatic heterocycles. The lowest BCUT2D eigenvalue weighted by Gasteiger charge is -2.25. The zero-order valence-corrected chi connectivity index (χ0v) is 21.6. The molecule has 212 valence electrons. The summed E-state index contributed by atoms with van der Waals surface area (Å²) in [7, 11) is 0. The molecule has 38 heavy (non-hydrogen) atoms. The summed E-state index contributed by atoms with van der Waals surface area (Å²) in [5.41, 5.74) is 22.9. The minimum absolute atomic E-state index is 0.0791. The van der Waals surface area contributed by atoms with Crippen LogP contribution in [-0.4, -0.2) is 72.0 Å². The summed E-state index contributed by atoms with van der Waals surface area (Å²) < 4.78 is 0. The molecule has 0 heterocycles. The van der Waals surface area contributed by atoms with Crippen molar-refractivity contribution in [2.45, 2.75) is 75.5 Å². The number of primary amides is 1. The first-order valence-electron chi connectivity index (χ1n) is 12.7. The highest BCUT2D eigenvalue weighted by Gasteiger charge is 2.31. The lowest BCUT2D eigenvalue weighted by Crippen LogP contribution is -2.58. The standard InChI is InChI=1S/C25H41N7O6/c26-12-6-4-10-17(28)22(34)31-19(14-16-8-2-1-3-9-16)23(35)32-20(15-21(29)33)24(36)30-18(25(37)38)11-5-7-13-27/h1-3,8-9,17-20H,4-7,10-15,26-28H2,(H2,29,33)(H,30,36)(H,31,34)(H,32,35)(H,37,38). The topological polar surface area (TPSA) is 246 Å². The Hall–Kier alpha value is -3.55. The van der Waals surface area contributed by atoms with Crippen LogP contribution >= 0.6 is 0 Å². The molecule has 12 N–H and O–H groups in total. The number of nitrogens with two attached hydrogens (primary N) is 4. The number of rotatable bonds is 19. The number of benzene rings is 1. The van der Waals surface area contributed by atoms with Crippen LogP contribution in [0.25, 0.3) is 0 Å². The van der Waals surface area contributed by atoms with Crippen molar-refractivity contribution in [3.63, 3.8) is 0 Å². The lowest BCUT2D eigenvalue weighted by atomic mass is 10.0. The van der Waals surface area contributed by atoms with Crippen LogP contribution in [0.3, 0.4) is 0 Å². The van der Waals surface area contributed by atoms with Crippen molar-refractivity contribution in [1.29, 1.82) is 0 Å². The van der Waals surface area contributed by atoms with Gasteiger partial charge in [0.25, 0.3) is 0 Å². The summed E-state index contributed by atoms with van der Waals surface area (Å²) in [6, 6.07) is 4.16. The molecule has 0 saturated carbocycles. The maximum Gasteiger partial charge on any atom is 0.326 e. The Morgan fingerprint density at radius 1 is 0.737 bits per heavy atom. The third kappa shape index (κ3) is 12.6. The number of carboxylic acid groups (broad SMARTS) is 1. The molecule has 13 heteroatoms. The van der Waals surface area contributed by atoms with Crippen LogP contribution in [0.4, 0.5) is 0 Å². The highest BCUT2D eigenvalue weighted by atomic mass is 16.4. The zero-order chi connectivity index (χ0) is 28.5. The number of nitrogens with one attached hydrogen (secondary N) is 3.